The monoisotopic (exact) mass is 492 g/mol. The second-order valence-corrected chi connectivity index (χ2v) is 10.6. The van der Waals surface area contributed by atoms with Gasteiger partial charge in [-0.05, 0) is 41.2 Å². The number of hydrogen-bond donors (Lipinski definition) is 0. The lowest BCUT2D eigenvalue weighted by Crippen LogP contribution is -2.43. The first-order valence-electron chi connectivity index (χ1n) is 13.0. The van der Waals surface area contributed by atoms with E-state index in [1.165, 1.54) is 22.3 Å². The van der Waals surface area contributed by atoms with Crippen LogP contribution >= 0.6 is 0 Å². The lowest BCUT2D eigenvalue weighted by atomic mass is 9.51. The summed E-state index contributed by atoms with van der Waals surface area (Å²) in [6.07, 6.45) is 1.09. The molecular weight excluding hydrogens is 464 g/mol. The first-order valence-corrected chi connectivity index (χ1v) is 13.0. The molecule has 0 N–H and O–H groups in total. The number of benzene rings is 3. The number of rotatable bonds is 4. The van der Waals surface area contributed by atoms with Gasteiger partial charge in [-0.1, -0.05) is 48.5 Å². The Labute approximate surface area is 215 Å². The third-order valence-corrected chi connectivity index (χ3v) is 9.56. The van der Waals surface area contributed by atoms with Crippen molar-refractivity contribution in [1.29, 1.82) is 0 Å². The molecule has 1 heterocycles. The number of hydrogen-bond acceptors (Lipinski definition) is 6. The minimum Gasteiger partial charge on any atom is -0.496 e. The summed E-state index contributed by atoms with van der Waals surface area (Å²) in [5.41, 5.74) is 7.63. The van der Waals surface area contributed by atoms with Gasteiger partial charge in [0.15, 0.2) is 0 Å². The van der Waals surface area contributed by atoms with E-state index < -0.39 is 0 Å². The molecule has 6 heteroatoms. The molecule has 0 saturated heterocycles. The van der Waals surface area contributed by atoms with Gasteiger partial charge in [0.05, 0.1) is 34.1 Å². The summed E-state index contributed by atoms with van der Waals surface area (Å²) in [5, 5.41) is 2.24. The van der Waals surface area contributed by atoms with Gasteiger partial charge in [-0.3, -0.25) is 0 Å². The van der Waals surface area contributed by atoms with E-state index in [0.29, 0.717) is 35.6 Å². The number of aromatic nitrogens is 2. The average Bonchev–Trinajstić information content (AvgIpc) is 3.53. The second kappa shape index (κ2) is 7.37. The van der Waals surface area contributed by atoms with Crippen LogP contribution in [0.3, 0.4) is 0 Å². The Morgan fingerprint density at radius 2 is 1.19 bits per heavy atom. The zero-order chi connectivity index (χ0) is 25.0. The first-order chi connectivity index (χ1) is 18.2. The van der Waals surface area contributed by atoms with Crippen molar-refractivity contribution in [3.05, 3.63) is 82.0 Å². The Morgan fingerprint density at radius 1 is 0.622 bits per heavy atom. The van der Waals surface area contributed by atoms with Gasteiger partial charge in [0.2, 0.25) is 5.88 Å². The van der Waals surface area contributed by atoms with Gasteiger partial charge in [-0.15, -0.1) is 0 Å². The quantitative estimate of drug-likeness (QED) is 0.360. The van der Waals surface area contributed by atoms with Gasteiger partial charge in [-0.25, -0.2) is 0 Å². The predicted octanol–water partition coefficient (Wildman–Crippen LogP) is 5.77. The summed E-state index contributed by atoms with van der Waals surface area (Å²) in [7, 11) is 6.93. The Hall–Kier alpha value is -3.80. The summed E-state index contributed by atoms with van der Waals surface area (Å²) in [6.45, 7) is 0. The van der Waals surface area contributed by atoms with E-state index in [9.17, 15) is 0 Å². The van der Waals surface area contributed by atoms with Crippen molar-refractivity contribution in [2.24, 2.45) is 11.8 Å². The van der Waals surface area contributed by atoms with E-state index in [-0.39, 0.29) is 11.8 Å². The van der Waals surface area contributed by atoms with Crippen molar-refractivity contribution < 1.29 is 18.9 Å². The normalized spacial score (nSPS) is 27.4. The number of ether oxygens (including phenoxy) is 4. The van der Waals surface area contributed by atoms with E-state index in [2.05, 4.69) is 53.5 Å². The molecule has 9 rings (SSSR count). The molecule has 6 atom stereocenters. The fourth-order valence-electron chi connectivity index (χ4n) is 8.63. The number of nitrogens with zero attached hydrogens (tertiary/aromatic N) is 2. The third-order valence-electron chi connectivity index (χ3n) is 9.56. The van der Waals surface area contributed by atoms with E-state index in [0.717, 1.165) is 39.9 Å². The molecule has 1 aromatic heterocycles. The zero-order valence-corrected chi connectivity index (χ0v) is 21.3. The fraction of sp³-hybridized carbons (Fsp3) is 0.355. The molecule has 5 aliphatic rings. The molecule has 1 saturated carbocycles. The van der Waals surface area contributed by atoms with Crippen molar-refractivity contribution in [3.8, 4) is 23.4 Å². The molecule has 0 aliphatic heterocycles. The van der Waals surface area contributed by atoms with E-state index in [1.54, 1.807) is 28.4 Å². The molecule has 0 amide bonds. The van der Waals surface area contributed by atoms with E-state index >= 15 is 0 Å². The maximum Gasteiger partial charge on any atom is 0.319 e. The lowest BCUT2D eigenvalue weighted by molar-refractivity contribution is 0.209. The van der Waals surface area contributed by atoms with Gasteiger partial charge >= 0.3 is 6.01 Å². The van der Waals surface area contributed by atoms with E-state index in [1.807, 2.05) is 0 Å². The Morgan fingerprint density at radius 3 is 1.76 bits per heavy atom. The highest BCUT2D eigenvalue weighted by atomic mass is 16.5. The molecule has 6 nitrogen and oxygen atoms in total. The van der Waals surface area contributed by atoms with Crippen molar-refractivity contribution in [2.45, 2.75) is 30.1 Å². The highest BCUT2D eigenvalue weighted by Gasteiger charge is 2.64. The van der Waals surface area contributed by atoms with Crippen LogP contribution in [-0.4, -0.2) is 38.4 Å². The van der Waals surface area contributed by atoms with Crippen molar-refractivity contribution in [3.63, 3.8) is 0 Å². The van der Waals surface area contributed by atoms with Crippen LogP contribution in [0.5, 0.6) is 23.4 Å². The van der Waals surface area contributed by atoms with E-state index in [4.69, 9.17) is 23.9 Å². The molecule has 0 spiro atoms. The second-order valence-electron chi connectivity index (χ2n) is 10.6. The van der Waals surface area contributed by atoms with Crippen molar-refractivity contribution >= 4 is 10.8 Å². The molecule has 0 radical (unpaired) electrons. The first kappa shape index (κ1) is 21.3. The molecule has 186 valence electrons. The highest BCUT2D eigenvalue weighted by Crippen LogP contribution is 2.76. The van der Waals surface area contributed by atoms with Crippen LogP contribution in [0, 0.1) is 11.8 Å². The summed E-state index contributed by atoms with van der Waals surface area (Å²) < 4.78 is 23.8. The van der Waals surface area contributed by atoms with Gasteiger partial charge in [0, 0.05) is 39.3 Å². The summed E-state index contributed by atoms with van der Waals surface area (Å²) in [5.74, 6) is 4.50. The number of methoxy groups -OCH3 is 4. The minimum absolute atomic E-state index is 0.150. The lowest BCUT2D eigenvalue weighted by Gasteiger charge is -2.52. The third kappa shape index (κ3) is 2.42. The van der Waals surface area contributed by atoms with Gasteiger partial charge in [-0.2, -0.15) is 9.97 Å². The average molecular weight is 493 g/mol. The zero-order valence-electron chi connectivity index (χ0n) is 21.3. The van der Waals surface area contributed by atoms with Crippen LogP contribution in [0.25, 0.3) is 10.8 Å². The van der Waals surface area contributed by atoms with Crippen molar-refractivity contribution in [1.82, 2.24) is 9.97 Å². The SMILES string of the molecule is COc1nc(OC)c2c(n1)[C@@H]1c3ccccc3[C@H]2[C@H]2[C@@H]1[C@H]1C[C@@H]2c2c1c(OC)c1ccccc1c2OC. The number of fused-ring (bicyclic) bond motifs is 6. The standard InChI is InChI=1S/C31H28N2O4/c1-34-28-16-11-7-8-12-17(16)29(35-2)25-19-13-18(24(25)28)21-20-14-9-5-6-10-15(14)23(22(19)21)27-26(20)30(36-3)33-31(32-27)37-4/h5-12,18-23H,13H2,1-4H3/t18-,19+,20-,21-,22-,23+/m0/s1. The summed E-state index contributed by atoms with van der Waals surface area (Å²) in [4.78, 5) is 9.62. The molecule has 4 bridgehead atoms. The fourth-order valence-corrected chi connectivity index (χ4v) is 8.63. The summed E-state index contributed by atoms with van der Waals surface area (Å²) in [6, 6.07) is 17.7. The molecule has 5 aliphatic carbocycles. The molecule has 4 aromatic rings. The predicted molar refractivity (Wildman–Crippen MR) is 139 cm³/mol. The minimum atomic E-state index is 0.150. The van der Waals surface area contributed by atoms with Gasteiger partial charge in [0.1, 0.15) is 11.5 Å². The molecule has 3 aromatic carbocycles. The van der Waals surface area contributed by atoms with Crippen LogP contribution in [0.15, 0.2) is 48.5 Å². The summed E-state index contributed by atoms with van der Waals surface area (Å²) >= 11 is 0. The molecular formula is C31H28N2O4. The van der Waals surface area contributed by atoms with Crippen LogP contribution in [0.2, 0.25) is 0 Å². The van der Waals surface area contributed by atoms with Gasteiger partial charge in [0.25, 0.3) is 0 Å². The topological polar surface area (TPSA) is 62.7 Å². The van der Waals surface area contributed by atoms with Crippen LogP contribution in [-0.2, 0) is 0 Å². The van der Waals surface area contributed by atoms with Crippen LogP contribution < -0.4 is 18.9 Å². The Balaban J connectivity index is 1.44. The molecule has 37 heavy (non-hydrogen) atoms. The highest BCUT2D eigenvalue weighted by molar-refractivity contribution is 5.97. The largest absolute Gasteiger partial charge is 0.496 e. The van der Waals surface area contributed by atoms with Crippen LogP contribution in [0.1, 0.15) is 63.6 Å². The van der Waals surface area contributed by atoms with Gasteiger partial charge < -0.3 is 18.9 Å². The molecule has 1 fully saturated rings. The Kier molecular flexibility index (Phi) is 4.24. The molecule has 0 unspecified atom stereocenters. The van der Waals surface area contributed by atoms with Crippen LogP contribution in [0.4, 0.5) is 0 Å². The van der Waals surface area contributed by atoms with Crippen molar-refractivity contribution in [2.75, 3.05) is 28.4 Å². The maximum absolute atomic E-state index is 6.17. The smallest absolute Gasteiger partial charge is 0.319 e. The maximum atomic E-state index is 6.17. The Bertz CT molecular complexity index is 1620.